The van der Waals surface area contributed by atoms with Gasteiger partial charge in [-0.05, 0) is 35.9 Å². The van der Waals surface area contributed by atoms with E-state index in [1.54, 1.807) is 43.5 Å². The van der Waals surface area contributed by atoms with E-state index in [9.17, 15) is 5.11 Å². The number of methoxy groups -OCH3 is 1. The predicted molar refractivity (Wildman–Crippen MR) is 79.6 cm³/mol. The maximum atomic E-state index is 10.1. The molecule has 1 N–H and O–H groups in total. The molecule has 1 unspecified atom stereocenters. The van der Waals surface area contributed by atoms with Gasteiger partial charge in [-0.2, -0.15) is 5.26 Å². The van der Waals surface area contributed by atoms with Crippen LogP contribution in [0.3, 0.4) is 0 Å². The fourth-order valence-electron chi connectivity index (χ4n) is 1.80. The fraction of sp³-hybridized carbons (Fsp3) is 0.188. The van der Waals surface area contributed by atoms with Crippen molar-refractivity contribution >= 4 is 11.6 Å². The van der Waals surface area contributed by atoms with Crippen molar-refractivity contribution in [2.45, 2.75) is 6.10 Å². The molecule has 0 bridgehead atoms. The molecular formula is C16H14ClNO3. The summed E-state index contributed by atoms with van der Waals surface area (Å²) in [6.07, 6.45) is -0.799. The molecule has 4 nitrogen and oxygen atoms in total. The quantitative estimate of drug-likeness (QED) is 0.920. The van der Waals surface area contributed by atoms with Gasteiger partial charge in [-0.25, -0.2) is 0 Å². The van der Waals surface area contributed by atoms with E-state index in [2.05, 4.69) is 0 Å². The first kappa shape index (κ1) is 15.2. The molecule has 0 saturated carbocycles. The summed E-state index contributed by atoms with van der Waals surface area (Å²) in [5.74, 6) is 1.10. The van der Waals surface area contributed by atoms with Gasteiger partial charge in [-0.1, -0.05) is 23.7 Å². The monoisotopic (exact) mass is 303 g/mol. The number of halogens is 1. The Morgan fingerprint density at radius 3 is 2.76 bits per heavy atom. The maximum absolute atomic E-state index is 10.1. The van der Waals surface area contributed by atoms with Gasteiger partial charge < -0.3 is 14.6 Å². The van der Waals surface area contributed by atoms with Crippen molar-refractivity contribution in [1.29, 1.82) is 5.26 Å². The molecule has 2 rings (SSSR count). The first-order valence-electron chi connectivity index (χ1n) is 6.28. The number of hydrogen-bond donors (Lipinski definition) is 1. The summed E-state index contributed by atoms with van der Waals surface area (Å²) in [7, 11) is 1.57. The van der Waals surface area contributed by atoms with Crippen LogP contribution >= 0.6 is 11.6 Å². The van der Waals surface area contributed by atoms with E-state index in [4.69, 9.17) is 26.3 Å². The van der Waals surface area contributed by atoms with Crippen molar-refractivity contribution in [3.63, 3.8) is 0 Å². The van der Waals surface area contributed by atoms with E-state index in [1.165, 1.54) is 6.07 Å². The van der Waals surface area contributed by atoms with Crippen LogP contribution in [-0.4, -0.2) is 18.8 Å². The molecule has 0 heterocycles. The highest BCUT2D eigenvalue weighted by atomic mass is 35.5. The Hall–Kier alpha value is -2.22. The van der Waals surface area contributed by atoms with Crippen molar-refractivity contribution in [2.75, 3.05) is 13.7 Å². The number of rotatable bonds is 5. The second kappa shape index (κ2) is 6.98. The van der Waals surface area contributed by atoms with Crippen molar-refractivity contribution in [1.82, 2.24) is 0 Å². The average Bonchev–Trinajstić information content (AvgIpc) is 2.53. The largest absolute Gasteiger partial charge is 0.497 e. The molecule has 1 atom stereocenters. The fourth-order valence-corrected chi connectivity index (χ4v) is 2.04. The standard InChI is InChI=1S/C16H14ClNO3/c1-20-13-4-2-3-12(8-13)15(19)10-21-16-6-5-11(9-18)7-14(16)17/h2-8,15,19H,10H2,1H3. The number of nitrogens with zero attached hydrogens (tertiary/aromatic N) is 1. The van der Waals surface area contributed by atoms with E-state index >= 15 is 0 Å². The van der Waals surface area contributed by atoms with Crippen LogP contribution in [0.15, 0.2) is 42.5 Å². The Morgan fingerprint density at radius 2 is 2.10 bits per heavy atom. The molecule has 21 heavy (non-hydrogen) atoms. The molecule has 0 amide bonds. The lowest BCUT2D eigenvalue weighted by molar-refractivity contribution is 0.108. The minimum atomic E-state index is -0.799. The van der Waals surface area contributed by atoms with Crippen LogP contribution < -0.4 is 9.47 Å². The summed E-state index contributed by atoms with van der Waals surface area (Å²) in [5.41, 5.74) is 1.15. The second-order valence-electron chi connectivity index (χ2n) is 4.36. The van der Waals surface area contributed by atoms with Gasteiger partial charge in [-0.3, -0.25) is 0 Å². The third kappa shape index (κ3) is 3.88. The van der Waals surface area contributed by atoms with Crippen molar-refractivity contribution in [3.8, 4) is 17.6 Å². The number of ether oxygens (including phenoxy) is 2. The van der Waals surface area contributed by atoms with Gasteiger partial charge >= 0.3 is 0 Å². The molecular weight excluding hydrogens is 290 g/mol. The molecule has 0 aliphatic heterocycles. The molecule has 0 radical (unpaired) electrons. The Balaban J connectivity index is 2.04. The third-order valence-electron chi connectivity index (χ3n) is 2.94. The van der Waals surface area contributed by atoms with Crippen LogP contribution in [0.1, 0.15) is 17.2 Å². The highest BCUT2D eigenvalue weighted by molar-refractivity contribution is 6.32. The van der Waals surface area contributed by atoms with Crippen LogP contribution in [-0.2, 0) is 0 Å². The minimum absolute atomic E-state index is 0.0544. The molecule has 2 aromatic rings. The van der Waals surface area contributed by atoms with Gasteiger partial charge in [-0.15, -0.1) is 0 Å². The topological polar surface area (TPSA) is 62.5 Å². The normalized spacial score (nSPS) is 11.5. The Bertz CT molecular complexity index is 667. The second-order valence-corrected chi connectivity index (χ2v) is 4.77. The first-order chi connectivity index (χ1) is 10.1. The van der Waals surface area contributed by atoms with Crippen LogP contribution in [0.4, 0.5) is 0 Å². The molecule has 0 aliphatic carbocycles. The molecule has 0 spiro atoms. The zero-order valence-electron chi connectivity index (χ0n) is 11.4. The number of aliphatic hydroxyl groups excluding tert-OH is 1. The van der Waals surface area contributed by atoms with E-state index in [-0.39, 0.29) is 6.61 Å². The zero-order chi connectivity index (χ0) is 15.2. The van der Waals surface area contributed by atoms with Crippen molar-refractivity contribution in [3.05, 3.63) is 58.6 Å². The predicted octanol–water partition coefficient (Wildman–Crippen LogP) is 3.33. The smallest absolute Gasteiger partial charge is 0.138 e. The highest BCUT2D eigenvalue weighted by Gasteiger charge is 2.11. The maximum Gasteiger partial charge on any atom is 0.138 e. The third-order valence-corrected chi connectivity index (χ3v) is 3.23. The summed E-state index contributed by atoms with van der Waals surface area (Å²) in [5, 5.41) is 19.2. The van der Waals surface area contributed by atoms with Gasteiger partial charge in [0.15, 0.2) is 0 Å². The average molecular weight is 304 g/mol. The van der Waals surface area contributed by atoms with E-state index in [0.717, 1.165) is 0 Å². The van der Waals surface area contributed by atoms with Gasteiger partial charge in [0.05, 0.1) is 23.8 Å². The first-order valence-corrected chi connectivity index (χ1v) is 6.66. The van der Waals surface area contributed by atoms with E-state index in [0.29, 0.717) is 27.6 Å². The van der Waals surface area contributed by atoms with E-state index < -0.39 is 6.10 Å². The van der Waals surface area contributed by atoms with Crippen LogP contribution in [0.5, 0.6) is 11.5 Å². The van der Waals surface area contributed by atoms with E-state index in [1.807, 2.05) is 6.07 Å². The SMILES string of the molecule is COc1cccc(C(O)COc2ccc(C#N)cc2Cl)c1. The highest BCUT2D eigenvalue weighted by Crippen LogP contribution is 2.27. The molecule has 0 saturated heterocycles. The lowest BCUT2D eigenvalue weighted by Gasteiger charge is -2.14. The molecule has 0 aliphatic rings. The van der Waals surface area contributed by atoms with Gasteiger partial charge in [0.25, 0.3) is 0 Å². The number of benzene rings is 2. The van der Waals surface area contributed by atoms with Gasteiger partial charge in [0, 0.05) is 0 Å². The summed E-state index contributed by atoms with van der Waals surface area (Å²) >= 11 is 6.01. The number of aliphatic hydroxyl groups is 1. The van der Waals surface area contributed by atoms with Crippen molar-refractivity contribution in [2.24, 2.45) is 0 Å². The van der Waals surface area contributed by atoms with Crippen molar-refractivity contribution < 1.29 is 14.6 Å². The number of nitriles is 1. The lowest BCUT2D eigenvalue weighted by atomic mass is 10.1. The van der Waals surface area contributed by atoms with Crippen LogP contribution in [0.25, 0.3) is 0 Å². The van der Waals surface area contributed by atoms with Crippen LogP contribution in [0.2, 0.25) is 5.02 Å². The van der Waals surface area contributed by atoms with Crippen LogP contribution in [0, 0.1) is 11.3 Å². The molecule has 0 fully saturated rings. The number of hydrogen-bond acceptors (Lipinski definition) is 4. The minimum Gasteiger partial charge on any atom is -0.497 e. The molecule has 0 aromatic heterocycles. The summed E-state index contributed by atoms with van der Waals surface area (Å²) in [6.45, 7) is 0.0544. The summed E-state index contributed by atoms with van der Waals surface area (Å²) in [4.78, 5) is 0. The van der Waals surface area contributed by atoms with Gasteiger partial charge in [0.2, 0.25) is 0 Å². The molecule has 2 aromatic carbocycles. The molecule has 5 heteroatoms. The Kier molecular flexibility index (Phi) is 5.04. The molecule has 108 valence electrons. The van der Waals surface area contributed by atoms with Gasteiger partial charge in [0.1, 0.15) is 24.2 Å². The summed E-state index contributed by atoms with van der Waals surface area (Å²) < 4.78 is 10.6. The summed E-state index contributed by atoms with van der Waals surface area (Å²) in [6, 6.07) is 13.9. The lowest BCUT2D eigenvalue weighted by Crippen LogP contribution is -2.10. The Labute approximate surface area is 128 Å². The Morgan fingerprint density at radius 1 is 1.29 bits per heavy atom. The zero-order valence-corrected chi connectivity index (χ0v) is 12.2.